The first-order chi connectivity index (χ1) is 13.7. The number of nitrogens with zero attached hydrogens (tertiary/aromatic N) is 1. The largest absolute Gasteiger partial charge is 0.192 e. The minimum absolute atomic E-state index is 0.720. The summed E-state index contributed by atoms with van der Waals surface area (Å²) in [5, 5.41) is 8.96. The molecule has 1 nitrogen and oxygen atoms in total. The zero-order valence-corrected chi connectivity index (χ0v) is 18.0. The Bertz CT molecular complexity index is 634. The first-order valence-electron chi connectivity index (χ1n) is 11.8. The molecule has 3 rings (SSSR count). The van der Waals surface area contributed by atoms with Crippen LogP contribution in [0.4, 0.5) is 0 Å². The summed E-state index contributed by atoms with van der Waals surface area (Å²) in [6, 6.07) is 10.5. The molecule has 2 fully saturated rings. The van der Waals surface area contributed by atoms with E-state index in [1.54, 1.807) is 0 Å². The van der Waals surface area contributed by atoms with Gasteiger partial charge < -0.3 is 0 Å². The minimum Gasteiger partial charge on any atom is -0.192 e. The topological polar surface area (TPSA) is 23.8 Å². The summed E-state index contributed by atoms with van der Waals surface area (Å²) in [5.74, 6) is 3.65. The Morgan fingerprint density at radius 3 is 1.86 bits per heavy atom. The number of allylic oxidation sites excluding steroid dienone is 1. The fourth-order valence-corrected chi connectivity index (χ4v) is 5.48. The van der Waals surface area contributed by atoms with Crippen LogP contribution in [-0.4, -0.2) is 0 Å². The van der Waals surface area contributed by atoms with E-state index in [2.05, 4.69) is 31.7 Å². The van der Waals surface area contributed by atoms with Crippen molar-refractivity contribution in [2.24, 2.45) is 17.8 Å². The molecular weight excluding hydrogens is 338 g/mol. The lowest BCUT2D eigenvalue weighted by Gasteiger charge is -2.32. The maximum absolute atomic E-state index is 8.96. The number of nitriles is 1. The van der Waals surface area contributed by atoms with Gasteiger partial charge in [0.05, 0.1) is 11.6 Å². The van der Waals surface area contributed by atoms with Crippen LogP contribution < -0.4 is 0 Å². The standard InChI is InChI=1S/C27H39N/c1-3-21(2)4-5-22-6-8-23(9-7-22)10-11-24-12-16-26(17-13-24)27-18-14-25(20-28)15-19-27/h14-15,18-19,22-24,26H,2-13,16-17H2,1H3. The van der Waals surface area contributed by atoms with Gasteiger partial charge in [0, 0.05) is 0 Å². The van der Waals surface area contributed by atoms with E-state index in [-0.39, 0.29) is 0 Å². The van der Waals surface area contributed by atoms with E-state index >= 15 is 0 Å². The minimum atomic E-state index is 0.720. The van der Waals surface area contributed by atoms with Crippen LogP contribution in [-0.2, 0) is 0 Å². The Balaban J connectivity index is 1.31. The van der Waals surface area contributed by atoms with E-state index in [1.165, 1.54) is 88.2 Å². The fourth-order valence-electron chi connectivity index (χ4n) is 5.48. The smallest absolute Gasteiger partial charge is 0.0991 e. The van der Waals surface area contributed by atoms with E-state index in [1.807, 2.05) is 12.1 Å². The van der Waals surface area contributed by atoms with Crippen molar-refractivity contribution in [2.75, 3.05) is 0 Å². The molecule has 0 N–H and O–H groups in total. The quantitative estimate of drug-likeness (QED) is 0.419. The van der Waals surface area contributed by atoms with Crippen LogP contribution in [0.3, 0.4) is 0 Å². The summed E-state index contributed by atoms with van der Waals surface area (Å²) >= 11 is 0. The van der Waals surface area contributed by atoms with Crippen LogP contribution in [0, 0.1) is 29.1 Å². The summed E-state index contributed by atoms with van der Waals surface area (Å²) in [7, 11) is 0. The predicted octanol–water partition coefficient (Wildman–Crippen LogP) is 8.17. The van der Waals surface area contributed by atoms with Gasteiger partial charge in [0.25, 0.3) is 0 Å². The summed E-state index contributed by atoms with van der Waals surface area (Å²) < 4.78 is 0. The molecule has 0 unspecified atom stereocenters. The number of benzene rings is 1. The molecule has 0 aromatic heterocycles. The third-order valence-corrected chi connectivity index (χ3v) is 7.71. The van der Waals surface area contributed by atoms with Gasteiger partial charge in [-0.1, -0.05) is 69.7 Å². The van der Waals surface area contributed by atoms with Crippen molar-refractivity contribution in [3.8, 4) is 6.07 Å². The van der Waals surface area contributed by atoms with Gasteiger partial charge in [0.15, 0.2) is 0 Å². The van der Waals surface area contributed by atoms with Crippen LogP contribution >= 0.6 is 0 Å². The molecule has 0 bridgehead atoms. The van der Waals surface area contributed by atoms with Crippen molar-refractivity contribution in [1.29, 1.82) is 5.26 Å². The van der Waals surface area contributed by atoms with Gasteiger partial charge >= 0.3 is 0 Å². The van der Waals surface area contributed by atoms with Crippen LogP contribution in [0.15, 0.2) is 36.4 Å². The highest BCUT2D eigenvalue weighted by Gasteiger charge is 2.25. The maximum atomic E-state index is 8.96. The summed E-state index contributed by atoms with van der Waals surface area (Å²) in [6.45, 7) is 6.41. The Morgan fingerprint density at radius 1 is 0.857 bits per heavy atom. The molecular formula is C27H39N. The molecule has 2 saturated carbocycles. The SMILES string of the molecule is C=C(CC)CCC1CCC(CCC2CCC(c3ccc(C#N)cc3)CC2)CC1. The molecule has 1 aromatic carbocycles. The molecule has 0 radical (unpaired) electrons. The van der Waals surface area contributed by atoms with Gasteiger partial charge in [-0.25, -0.2) is 0 Å². The fraction of sp³-hybridized carbons (Fsp3) is 0.667. The first-order valence-corrected chi connectivity index (χ1v) is 11.8. The highest BCUT2D eigenvalue weighted by Crippen LogP contribution is 2.40. The molecule has 0 spiro atoms. The molecule has 0 heterocycles. The van der Waals surface area contributed by atoms with Crippen molar-refractivity contribution in [2.45, 2.75) is 96.3 Å². The normalized spacial score (nSPS) is 27.9. The van der Waals surface area contributed by atoms with Crippen molar-refractivity contribution in [3.05, 3.63) is 47.5 Å². The van der Waals surface area contributed by atoms with E-state index in [9.17, 15) is 0 Å². The lowest BCUT2D eigenvalue weighted by molar-refractivity contribution is 0.224. The van der Waals surface area contributed by atoms with Crippen LogP contribution in [0.25, 0.3) is 0 Å². The second-order valence-corrected chi connectivity index (χ2v) is 9.56. The van der Waals surface area contributed by atoms with Crippen LogP contribution in [0.1, 0.15) is 107 Å². The molecule has 2 aliphatic rings. The zero-order chi connectivity index (χ0) is 19.8. The summed E-state index contributed by atoms with van der Waals surface area (Å²) in [6.07, 6.45) is 18.1. The number of hydrogen-bond acceptors (Lipinski definition) is 1. The monoisotopic (exact) mass is 377 g/mol. The van der Waals surface area contributed by atoms with Crippen molar-refractivity contribution in [1.82, 2.24) is 0 Å². The molecule has 28 heavy (non-hydrogen) atoms. The van der Waals surface area contributed by atoms with Crippen LogP contribution in [0.2, 0.25) is 0 Å². The number of hydrogen-bond donors (Lipinski definition) is 0. The third kappa shape index (κ3) is 6.23. The van der Waals surface area contributed by atoms with Crippen molar-refractivity contribution in [3.63, 3.8) is 0 Å². The molecule has 1 aromatic rings. The second-order valence-electron chi connectivity index (χ2n) is 9.56. The average Bonchev–Trinajstić information content (AvgIpc) is 2.77. The Kier molecular flexibility index (Phi) is 8.20. The first kappa shape index (κ1) is 21.2. The summed E-state index contributed by atoms with van der Waals surface area (Å²) in [4.78, 5) is 0. The molecule has 0 aliphatic heterocycles. The van der Waals surface area contributed by atoms with E-state index < -0.39 is 0 Å². The maximum Gasteiger partial charge on any atom is 0.0991 e. The molecule has 0 saturated heterocycles. The second kappa shape index (κ2) is 10.8. The van der Waals surface area contributed by atoms with Crippen molar-refractivity contribution >= 4 is 0 Å². The van der Waals surface area contributed by atoms with Gasteiger partial charge in [-0.05, 0) is 86.3 Å². The third-order valence-electron chi connectivity index (χ3n) is 7.71. The average molecular weight is 378 g/mol. The van der Waals surface area contributed by atoms with Gasteiger partial charge in [-0.3, -0.25) is 0 Å². The zero-order valence-electron chi connectivity index (χ0n) is 18.0. The van der Waals surface area contributed by atoms with E-state index in [0.717, 1.165) is 35.7 Å². The number of rotatable bonds is 8. The highest BCUT2D eigenvalue weighted by molar-refractivity contribution is 5.33. The molecule has 1 heteroatoms. The molecule has 152 valence electrons. The van der Waals surface area contributed by atoms with Gasteiger partial charge in [-0.2, -0.15) is 5.26 Å². The Morgan fingerprint density at radius 2 is 1.36 bits per heavy atom. The molecule has 2 aliphatic carbocycles. The van der Waals surface area contributed by atoms with E-state index in [4.69, 9.17) is 5.26 Å². The van der Waals surface area contributed by atoms with Crippen LogP contribution in [0.5, 0.6) is 0 Å². The van der Waals surface area contributed by atoms with E-state index in [0.29, 0.717) is 0 Å². The lowest BCUT2D eigenvalue weighted by Crippen LogP contribution is -2.18. The van der Waals surface area contributed by atoms with Gasteiger partial charge in [0.1, 0.15) is 0 Å². The lowest BCUT2D eigenvalue weighted by atomic mass is 9.74. The highest BCUT2D eigenvalue weighted by atomic mass is 14.3. The Labute approximate surface area is 173 Å². The summed E-state index contributed by atoms with van der Waals surface area (Å²) in [5.41, 5.74) is 3.67. The molecule has 0 atom stereocenters. The predicted molar refractivity (Wildman–Crippen MR) is 119 cm³/mol. The Hall–Kier alpha value is -1.55. The van der Waals surface area contributed by atoms with Gasteiger partial charge in [-0.15, -0.1) is 0 Å². The van der Waals surface area contributed by atoms with Crippen molar-refractivity contribution < 1.29 is 0 Å². The molecule has 0 amide bonds. The van der Waals surface area contributed by atoms with Gasteiger partial charge in [0.2, 0.25) is 0 Å².